The first-order valence-corrected chi connectivity index (χ1v) is 5.67. The topological polar surface area (TPSA) is 111 Å². The molecule has 1 atom stereocenters. The number of anilines is 1. The first-order valence-electron chi connectivity index (χ1n) is 4.90. The Bertz CT molecular complexity index is 482. The quantitative estimate of drug-likeness (QED) is 0.463. The highest BCUT2D eigenvalue weighted by Gasteiger charge is 2.20. The molecular formula is C9H10N4O3S. The van der Waals surface area contributed by atoms with Crippen LogP contribution in [0.1, 0.15) is 18.7 Å². The second-order valence-corrected chi connectivity index (χ2v) is 4.13. The Morgan fingerprint density at radius 1 is 1.71 bits per heavy atom. The third kappa shape index (κ3) is 2.78. The summed E-state index contributed by atoms with van der Waals surface area (Å²) in [6.07, 6.45) is 5.32. The smallest absolute Gasteiger partial charge is 0.362 e. The van der Waals surface area contributed by atoms with E-state index in [9.17, 15) is 4.79 Å². The van der Waals surface area contributed by atoms with E-state index in [0.717, 1.165) is 24.4 Å². The van der Waals surface area contributed by atoms with E-state index in [1.165, 1.54) is 0 Å². The second-order valence-electron chi connectivity index (χ2n) is 3.35. The van der Waals surface area contributed by atoms with Gasteiger partial charge in [0.15, 0.2) is 5.13 Å². The van der Waals surface area contributed by atoms with E-state index in [2.05, 4.69) is 14.5 Å². The summed E-state index contributed by atoms with van der Waals surface area (Å²) in [6, 6.07) is 0. The molecule has 3 N–H and O–H groups in total. The van der Waals surface area contributed by atoms with Crippen LogP contribution in [-0.4, -0.2) is 32.2 Å². The average molecular weight is 254 g/mol. The highest BCUT2D eigenvalue weighted by molar-refractivity contribution is 7.09. The number of nitrogens with two attached hydrogens (primary N) is 1. The molecule has 0 aliphatic heterocycles. The SMILES string of the molecule is Nc1nc(/C(=N/OC2C=CCC2)C(=O)O)ns1. The second kappa shape index (κ2) is 4.91. The zero-order valence-corrected chi connectivity index (χ0v) is 9.55. The third-order valence-electron chi connectivity index (χ3n) is 2.10. The van der Waals surface area contributed by atoms with E-state index in [-0.39, 0.29) is 22.8 Å². The Morgan fingerprint density at radius 2 is 2.53 bits per heavy atom. The molecule has 0 saturated heterocycles. The standard InChI is InChI=1S/C9H10N4O3S/c10-9-11-7(13-17-9)6(8(14)15)12-16-5-3-1-2-4-5/h1,3,5H,2,4H2,(H,14,15)(H2,10,11,13)/b12-6-. The Morgan fingerprint density at radius 3 is 3.06 bits per heavy atom. The number of hydrogen-bond acceptors (Lipinski definition) is 7. The van der Waals surface area contributed by atoms with Crippen LogP contribution in [0.2, 0.25) is 0 Å². The minimum absolute atomic E-state index is 0.0259. The van der Waals surface area contributed by atoms with E-state index in [1.54, 1.807) is 0 Å². The highest BCUT2D eigenvalue weighted by atomic mass is 32.1. The molecule has 8 heteroatoms. The number of carboxylic acids is 1. The van der Waals surface area contributed by atoms with Crippen molar-refractivity contribution in [3.05, 3.63) is 18.0 Å². The van der Waals surface area contributed by atoms with Crippen molar-refractivity contribution in [3.8, 4) is 0 Å². The lowest BCUT2D eigenvalue weighted by atomic mass is 10.3. The molecule has 7 nitrogen and oxygen atoms in total. The van der Waals surface area contributed by atoms with Crippen LogP contribution in [0.5, 0.6) is 0 Å². The fourth-order valence-corrected chi connectivity index (χ4v) is 1.75. The van der Waals surface area contributed by atoms with Gasteiger partial charge in [0.25, 0.3) is 0 Å². The fourth-order valence-electron chi connectivity index (χ4n) is 1.32. The van der Waals surface area contributed by atoms with Gasteiger partial charge in [0.1, 0.15) is 6.10 Å². The van der Waals surface area contributed by atoms with E-state index in [4.69, 9.17) is 15.7 Å². The van der Waals surface area contributed by atoms with Crippen LogP contribution in [0.25, 0.3) is 0 Å². The van der Waals surface area contributed by atoms with Crippen molar-refractivity contribution in [2.24, 2.45) is 5.16 Å². The van der Waals surface area contributed by atoms with E-state index in [0.29, 0.717) is 0 Å². The summed E-state index contributed by atoms with van der Waals surface area (Å²) in [4.78, 5) is 19.8. The van der Waals surface area contributed by atoms with Crippen LogP contribution < -0.4 is 5.73 Å². The van der Waals surface area contributed by atoms with Crippen molar-refractivity contribution in [1.82, 2.24) is 9.36 Å². The number of oxime groups is 1. The third-order valence-corrected chi connectivity index (χ3v) is 2.65. The van der Waals surface area contributed by atoms with Crippen molar-refractivity contribution in [3.63, 3.8) is 0 Å². The van der Waals surface area contributed by atoms with Gasteiger partial charge in [0, 0.05) is 11.5 Å². The molecule has 1 aliphatic carbocycles. The zero-order valence-electron chi connectivity index (χ0n) is 8.74. The Hall–Kier alpha value is -1.96. The number of nitrogen functional groups attached to an aromatic ring is 1. The van der Waals surface area contributed by atoms with Crippen LogP contribution in [0.4, 0.5) is 5.13 Å². The average Bonchev–Trinajstić information content (AvgIpc) is 2.90. The van der Waals surface area contributed by atoms with Crippen molar-refractivity contribution in [2.45, 2.75) is 18.9 Å². The molecular weight excluding hydrogens is 244 g/mol. The zero-order chi connectivity index (χ0) is 12.3. The lowest BCUT2D eigenvalue weighted by Crippen LogP contribution is -2.18. The van der Waals surface area contributed by atoms with Crippen molar-refractivity contribution in [1.29, 1.82) is 0 Å². The maximum absolute atomic E-state index is 11.0. The van der Waals surface area contributed by atoms with Gasteiger partial charge < -0.3 is 15.7 Å². The molecule has 0 saturated carbocycles. The van der Waals surface area contributed by atoms with Gasteiger partial charge in [-0.2, -0.15) is 9.36 Å². The first-order chi connectivity index (χ1) is 8.16. The number of allylic oxidation sites excluding steroid dienone is 1. The molecule has 1 unspecified atom stereocenters. The van der Waals surface area contributed by atoms with E-state index >= 15 is 0 Å². The monoisotopic (exact) mass is 254 g/mol. The van der Waals surface area contributed by atoms with Gasteiger partial charge in [-0.15, -0.1) is 0 Å². The van der Waals surface area contributed by atoms with E-state index in [1.807, 2.05) is 12.2 Å². The molecule has 1 aliphatic rings. The molecule has 0 fully saturated rings. The van der Waals surface area contributed by atoms with Crippen LogP contribution in [0.3, 0.4) is 0 Å². The Balaban J connectivity index is 2.14. The summed E-state index contributed by atoms with van der Waals surface area (Å²) in [7, 11) is 0. The molecule has 1 heterocycles. The van der Waals surface area contributed by atoms with Gasteiger partial charge in [-0.25, -0.2) is 4.79 Å². The molecule has 90 valence electrons. The lowest BCUT2D eigenvalue weighted by Gasteiger charge is -2.05. The maximum atomic E-state index is 11.0. The van der Waals surface area contributed by atoms with Crippen LogP contribution in [-0.2, 0) is 9.63 Å². The fraction of sp³-hybridized carbons (Fsp3) is 0.333. The molecule has 0 amide bonds. The van der Waals surface area contributed by atoms with Crippen LogP contribution >= 0.6 is 11.5 Å². The highest BCUT2D eigenvalue weighted by Crippen LogP contribution is 2.14. The van der Waals surface area contributed by atoms with Gasteiger partial charge in [-0.1, -0.05) is 11.2 Å². The molecule has 0 radical (unpaired) electrons. The predicted octanol–water partition coefficient (Wildman–Crippen LogP) is 0.644. The molecule has 0 aromatic carbocycles. The molecule has 1 aromatic heterocycles. The minimum atomic E-state index is -1.25. The predicted molar refractivity (Wildman–Crippen MR) is 61.7 cm³/mol. The first kappa shape index (κ1) is 11.5. The number of hydrogen-bond donors (Lipinski definition) is 2. The number of carboxylic acid groups (broad SMARTS) is 1. The summed E-state index contributed by atoms with van der Waals surface area (Å²) in [5.41, 5.74) is 5.04. The van der Waals surface area contributed by atoms with Crippen molar-refractivity contribution in [2.75, 3.05) is 5.73 Å². The Labute approximate surface area is 101 Å². The van der Waals surface area contributed by atoms with Crippen molar-refractivity contribution >= 4 is 28.3 Å². The number of nitrogens with zero attached hydrogens (tertiary/aromatic N) is 3. The normalized spacial score (nSPS) is 19.5. The van der Waals surface area contributed by atoms with E-state index < -0.39 is 5.97 Å². The van der Waals surface area contributed by atoms with Crippen molar-refractivity contribution < 1.29 is 14.7 Å². The molecule has 17 heavy (non-hydrogen) atoms. The molecule has 0 bridgehead atoms. The van der Waals surface area contributed by atoms with Crippen LogP contribution in [0.15, 0.2) is 17.3 Å². The summed E-state index contributed by atoms with van der Waals surface area (Å²) in [5, 5.41) is 12.7. The molecule has 0 spiro atoms. The summed E-state index contributed by atoms with van der Waals surface area (Å²) < 4.78 is 3.78. The van der Waals surface area contributed by atoms with Gasteiger partial charge >= 0.3 is 5.97 Å². The molecule has 2 rings (SSSR count). The number of rotatable bonds is 4. The number of aromatic nitrogens is 2. The summed E-state index contributed by atoms with van der Waals surface area (Å²) >= 11 is 0.911. The number of carbonyl (C=O) groups is 1. The van der Waals surface area contributed by atoms with Crippen LogP contribution in [0, 0.1) is 0 Å². The lowest BCUT2D eigenvalue weighted by molar-refractivity contribution is -0.129. The van der Waals surface area contributed by atoms with Gasteiger partial charge in [0.2, 0.25) is 11.5 Å². The van der Waals surface area contributed by atoms with Gasteiger partial charge in [0.05, 0.1) is 0 Å². The van der Waals surface area contributed by atoms with Gasteiger partial charge in [-0.05, 0) is 18.9 Å². The number of aliphatic carboxylic acids is 1. The summed E-state index contributed by atoms with van der Waals surface area (Å²) in [6.45, 7) is 0. The largest absolute Gasteiger partial charge is 0.476 e. The Kier molecular flexibility index (Phi) is 3.33. The molecule has 1 aromatic rings. The minimum Gasteiger partial charge on any atom is -0.476 e. The maximum Gasteiger partial charge on any atom is 0.362 e. The van der Waals surface area contributed by atoms with Gasteiger partial charge in [-0.3, -0.25) is 0 Å². The summed E-state index contributed by atoms with van der Waals surface area (Å²) in [5.74, 6) is -1.27.